The zero-order chi connectivity index (χ0) is 19.1. The van der Waals surface area contributed by atoms with E-state index >= 15 is 0 Å². The SMILES string of the molecule is O=C(N/N=C\c1ccc(OCc2ccccc2)c(Br)c1)c1ccccc1O. The van der Waals surface area contributed by atoms with Crippen molar-refractivity contribution < 1.29 is 14.6 Å². The van der Waals surface area contributed by atoms with E-state index in [1.54, 1.807) is 12.1 Å². The molecule has 0 saturated heterocycles. The lowest BCUT2D eigenvalue weighted by Crippen LogP contribution is -2.17. The van der Waals surface area contributed by atoms with Crippen molar-refractivity contribution in [2.75, 3.05) is 0 Å². The third kappa shape index (κ3) is 5.18. The van der Waals surface area contributed by atoms with Gasteiger partial charge in [-0.1, -0.05) is 42.5 Å². The molecule has 0 spiro atoms. The molecule has 6 heteroatoms. The first kappa shape index (κ1) is 18.7. The number of amides is 1. The number of nitrogens with zero attached hydrogens (tertiary/aromatic N) is 1. The summed E-state index contributed by atoms with van der Waals surface area (Å²) >= 11 is 3.48. The van der Waals surface area contributed by atoms with Gasteiger partial charge in [0.05, 0.1) is 16.3 Å². The van der Waals surface area contributed by atoms with Gasteiger partial charge in [-0.25, -0.2) is 5.43 Å². The number of hydrogen-bond donors (Lipinski definition) is 2. The molecule has 3 aromatic rings. The molecule has 3 rings (SSSR count). The van der Waals surface area contributed by atoms with Crippen LogP contribution in [-0.2, 0) is 6.61 Å². The first-order chi connectivity index (χ1) is 13.1. The number of carbonyl (C=O) groups excluding carboxylic acids is 1. The Labute approximate surface area is 165 Å². The number of phenolic OH excluding ortho intramolecular Hbond substituents is 1. The monoisotopic (exact) mass is 424 g/mol. The Bertz CT molecular complexity index is 959. The minimum atomic E-state index is -0.480. The quantitative estimate of drug-likeness (QED) is 0.452. The molecule has 0 atom stereocenters. The summed E-state index contributed by atoms with van der Waals surface area (Å²) in [5.41, 5.74) is 4.43. The summed E-state index contributed by atoms with van der Waals surface area (Å²) in [5, 5.41) is 13.6. The lowest BCUT2D eigenvalue weighted by atomic mass is 10.2. The molecule has 3 aromatic carbocycles. The maximum atomic E-state index is 12.0. The highest BCUT2D eigenvalue weighted by Crippen LogP contribution is 2.26. The van der Waals surface area contributed by atoms with Crippen molar-refractivity contribution >= 4 is 28.1 Å². The van der Waals surface area contributed by atoms with Gasteiger partial charge >= 0.3 is 0 Å². The van der Waals surface area contributed by atoms with Gasteiger partial charge in [0.2, 0.25) is 0 Å². The molecule has 5 nitrogen and oxygen atoms in total. The maximum Gasteiger partial charge on any atom is 0.275 e. The molecule has 0 aliphatic rings. The molecule has 27 heavy (non-hydrogen) atoms. The van der Waals surface area contributed by atoms with E-state index < -0.39 is 5.91 Å². The molecule has 0 unspecified atom stereocenters. The number of rotatable bonds is 6. The summed E-state index contributed by atoms with van der Waals surface area (Å²) in [5.74, 6) is 0.147. The van der Waals surface area contributed by atoms with Gasteiger partial charge in [0, 0.05) is 0 Å². The summed E-state index contributed by atoms with van der Waals surface area (Å²) in [6.07, 6.45) is 1.52. The lowest BCUT2D eigenvalue weighted by molar-refractivity contribution is 0.0952. The fourth-order valence-electron chi connectivity index (χ4n) is 2.34. The van der Waals surface area contributed by atoms with Crippen LogP contribution in [0.1, 0.15) is 21.5 Å². The van der Waals surface area contributed by atoms with E-state index in [1.807, 2.05) is 48.5 Å². The molecule has 0 aromatic heterocycles. The molecule has 0 aliphatic heterocycles. The van der Waals surface area contributed by atoms with Crippen molar-refractivity contribution in [2.24, 2.45) is 5.10 Å². The Morgan fingerprint density at radius 3 is 2.56 bits per heavy atom. The topological polar surface area (TPSA) is 70.9 Å². The Kier molecular flexibility index (Phi) is 6.22. The van der Waals surface area contributed by atoms with Gasteiger partial charge < -0.3 is 9.84 Å². The molecule has 2 N–H and O–H groups in total. The number of nitrogens with one attached hydrogen (secondary N) is 1. The van der Waals surface area contributed by atoms with Gasteiger partial charge in [-0.2, -0.15) is 5.10 Å². The fourth-order valence-corrected chi connectivity index (χ4v) is 2.85. The number of para-hydroxylation sites is 1. The van der Waals surface area contributed by atoms with Crippen LogP contribution < -0.4 is 10.2 Å². The number of halogens is 1. The number of ether oxygens (including phenoxy) is 1. The first-order valence-corrected chi connectivity index (χ1v) is 9.00. The van der Waals surface area contributed by atoms with Crippen molar-refractivity contribution in [1.29, 1.82) is 0 Å². The average molecular weight is 425 g/mol. The first-order valence-electron chi connectivity index (χ1n) is 8.21. The number of phenols is 1. The van der Waals surface area contributed by atoms with Crippen molar-refractivity contribution in [3.8, 4) is 11.5 Å². The molecular formula is C21H17BrN2O3. The third-order valence-corrected chi connectivity index (χ3v) is 4.34. The number of benzene rings is 3. The molecular weight excluding hydrogens is 408 g/mol. The molecule has 136 valence electrons. The second-order valence-corrected chi connectivity index (χ2v) is 6.53. The lowest BCUT2D eigenvalue weighted by Gasteiger charge is -2.09. The predicted octanol–water partition coefficient (Wildman–Crippen LogP) is 4.50. The van der Waals surface area contributed by atoms with Gasteiger partial charge in [0.25, 0.3) is 5.91 Å². The maximum absolute atomic E-state index is 12.0. The highest BCUT2D eigenvalue weighted by atomic mass is 79.9. The highest BCUT2D eigenvalue weighted by Gasteiger charge is 2.08. The Balaban J connectivity index is 1.59. The van der Waals surface area contributed by atoms with E-state index in [-0.39, 0.29) is 11.3 Å². The van der Waals surface area contributed by atoms with Gasteiger partial charge in [0.15, 0.2) is 0 Å². The van der Waals surface area contributed by atoms with Crippen molar-refractivity contribution in [3.63, 3.8) is 0 Å². The van der Waals surface area contributed by atoms with Crippen LogP contribution in [0.5, 0.6) is 11.5 Å². The second-order valence-electron chi connectivity index (χ2n) is 5.68. The Morgan fingerprint density at radius 2 is 1.81 bits per heavy atom. The smallest absolute Gasteiger partial charge is 0.275 e. The molecule has 0 heterocycles. The number of aromatic hydroxyl groups is 1. The van der Waals surface area contributed by atoms with Crippen LogP contribution in [-0.4, -0.2) is 17.2 Å². The van der Waals surface area contributed by atoms with Crippen LogP contribution in [0, 0.1) is 0 Å². The van der Waals surface area contributed by atoms with Crippen LogP contribution in [0.3, 0.4) is 0 Å². The normalized spacial score (nSPS) is 10.7. The average Bonchev–Trinajstić information content (AvgIpc) is 2.68. The molecule has 0 radical (unpaired) electrons. The van der Waals surface area contributed by atoms with E-state index in [0.29, 0.717) is 12.4 Å². The van der Waals surface area contributed by atoms with E-state index in [1.165, 1.54) is 18.3 Å². The van der Waals surface area contributed by atoms with Gasteiger partial charge in [-0.15, -0.1) is 0 Å². The standard InChI is InChI=1S/C21H17BrN2O3/c22-18-12-16(10-11-20(18)27-14-15-6-2-1-3-7-15)13-23-24-21(26)17-8-4-5-9-19(17)25/h1-13,25H,14H2,(H,24,26)/b23-13-. The minimum Gasteiger partial charge on any atom is -0.507 e. The van der Waals surface area contributed by atoms with Crippen LogP contribution in [0.25, 0.3) is 0 Å². The fraction of sp³-hybridized carbons (Fsp3) is 0.0476. The minimum absolute atomic E-state index is 0.0899. The Hall–Kier alpha value is -3.12. The van der Waals surface area contributed by atoms with Gasteiger partial charge in [-0.3, -0.25) is 4.79 Å². The molecule has 1 amide bonds. The largest absolute Gasteiger partial charge is 0.507 e. The number of hydrazone groups is 1. The highest BCUT2D eigenvalue weighted by molar-refractivity contribution is 9.10. The van der Waals surface area contributed by atoms with Crippen LogP contribution >= 0.6 is 15.9 Å². The van der Waals surface area contributed by atoms with Crippen LogP contribution in [0.2, 0.25) is 0 Å². The van der Waals surface area contributed by atoms with E-state index in [4.69, 9.17) is 4.74 Å². The van der Waals surface area contributed by atoms with Crippen molar-refractivity contribution in [1.82, 2.24) is 5.43 Å². The van der Waals surface area contributed by atoms with Crippen molar-refractivity contribution in [2.45, 2.75) is 6.61 Å². The summed E-state index contributed by atoms with van der Waals surface area (Å²) < 4.78 is 6.59. The van der Waals surface area contributed by atoms with Crippen molar-refractivity contribution in [3.05, 3.63) is 94.0 Å². The molecule has 0 aliphatic carbocycles. The zero-order valence-corrected chi connectivity index (χ0v) is 15.9. The van der Waals surface area contributed by atoms with Gasteiger partial charge in [-0.05, 0) is 57.4 Å². The predicted molar refractivity (Wildman–Crippen MR) is 108 cm³/mol. The molecule has 0 saturated carbocycles. The van der Waals surface area contributed by atoms with Crippen LogP contribution in [0.15, 0.2) is 82.4 Å². The zero-order valence-electron chi connectivity index (χ0n) is 14.3. The summed E-state index contributed by atoms with van der Waals surface area (Å²) in [7, 11) is 0. The Morgan fingerprint density at radius 1 is 1.07 bits per heavy atom. The summed E-state index contributed by atoms with van der Waals surface area (Å²) in [4.78, 5) is 12.0. The summed E-state index contributed by atoms with van der Waals surface area (Å²) in [6.45, 7) is 0.476. The number of hydrogen-bond acceptors (Lipinski definition) is 4. The van der Waals surface area contributed by atoms with E-state index in [9.17, 15) is 9.90 Å². The van der Waals surface area contributed by atoms with Gasteiger partial charge in [0.1, 0.15) is 18.1 Å². The number of carbonyl (C=O) groups is 1. The third-order valence-electron chi connectivity index (χ3n) is 3.72. The van der Waals surface area contributed by atoms with Crippen LogP contribution in [0.4, 0.5) is 0 Å². The van der Waals surface area contributed by atoms with E-state index in [0.717, 1.165) is 15.6 Å². The second kappa shape index (κ2) is 9.00. The molecule has 0 fully saturated rings. The molecule has 0 bridgehead atoms. The van der Waals surface area contributed by atoms with E-state index in [2.05, 4.69) is 26.5 Å². The summed E-state index contributed by atoms with van der Waals surface area (Å²) in [6, 6.07) is 21.7.